The Morgan fingerprint density at radius 1 is 1.36 bits per heavy atom. The van der Waals surface area contributed by atoms with E-state index in [-0.39, 0.29) is 36.6 Å². The molecule has 0 fully saturated rings. The van der Waals surface area contributed by atoms with E-state index in [2.05, 4.69) is 29.1 Å². The van der Waals surface area contributed by atoms with Gasteiger partial charge in [-0.05, 0) is 37.5 Å². The van der Waals surface area contributed by atoms with E-state index in [9.17, 15) is 4.39 Å². The van der Waals surface area contributed by atoms with Gasteiger partial charge in [-0.1, -0.05) is 13.3 Å². The summed E-state index contributed by atoms with van der Waals surface area (Å²) >= 11 is 0. The van der Waals surface area contributed by atoms with Gasteiger partial charge in [-0.15, -0.1) is 24.0 Å². The number of benzene rings is 1. The van der Waals surface area contributed by atoms with Gasteiger partial charge in [0.25, 0.3) is 0 Å². The predicted octanol–water partition coefficient (Wildman–Crippen LogP) is 3.55. The fourth-order valence-corrected chi connectivity index (χ4v) is 2.70. The van der Waals surface area contributed by atoms with Gasteiger partial charge in [-0.25, -0.2) is 4.39 Å². The Labute approximate surface area is 167 Å². The normalized spacial score (nSPS) is 13.5. The average molecular weight is 465 g/mol. The van der Waals surface area contributed by atoms with Crippen molar-refractivity contribution in [3.63, 3.8) is 0 Å². The number of hydrogen-bond donors (Lipinski definition) is 1. The smallest absolute Gasteiger partial charge is 0.193 e. The van der Waals surface area contributed by atoms with Crippen molar-refractivity contribution in [3.05, 3.63) is 29.1 Å². The molecule has 1 heterocycles. The van der Waals surface area contributed by atoms with Crippen LogP contribution in [0.5, 0.6) is 5.75 Å². The zero-order valence-corrected chi connectivity index (χ0v) is 17.6. The maximum atomic E-state index is 13.8. The van der Waals surface area contributed by atoms with Crippen molar-refractivity contribution in [3.8, 4) is 5.75 Å². The molecule has 0 bridgehead atoms. The summed E-state index contributed by atoms with van der Waals surface area (Å²) < 4.78 is 24.5. The first-order chi connectivity index (χ1) is 11.7. The summed E-state index contributed by atoms with van der Waals surface area (Å²) in [6.07, 6.45) is 2.92. The topological polar surface area (TPSA) is 46.1 Å². The van der Waals surface area contributed by atoms with Crippen LogP contribution in [0.3, 0.4) is 0 Å². The van der Waals surface area contributed by atoms with Crippen molar-refractivity contribution >= 4 is 29.9 Å². The van der Waals surface area contributed by atoms with E-state index in [1.807, 2.05) is 7.05 Å². The Hall–Kier alpha value is -1.09. The van der Waals surface area contributed by atoms with Gasteiger partial charge in [0.2, 0.25) is 0 Å². The van der Waals surface area contributed by atoms with E-state index >= 15 is 0 Å². The average Bonchev–Trinajstić information content (AvgIpc) is 2.58. The summed E-state index contributed by atoms with van der Waals surface area (Å²) in [7, 11) is 2.04. The van der Waals surface area contributed by atoms with Crippen molar-refractivity contribution in [2.45, 2.75) is 39.7 Å². The zero-order chi connectivity index (χ0) is 17.4. The van der Waals surface area contributed by atoms with Crippen LogP contribution in [-0.4, -0.2) is 44.3 Å². The highest BCUT2D eigenvalue weighted by atomic mass is 127. The third-order valence-corrected chi connectivity index (χ3v) is 3.94. The van der Waals surface area contributed by atoms with Crippen LogP contribution in [-0.2, 0) is 17.8 Å². The second-order valence-electron chi connectivity index (χ2n) is 5.92. The first-order valence-corrected chi connectivity index (χ1v) is 8.67. The van der Waals surface area contributed by atoms with Crippen LogP contribution >= 0.6 is 24.0 Å². The summed E-state index contributed by atoms with van der Waals surface area (Å²) in [5, 5.41) is 3.30. The molecule has 0 saturated carbocycles. The van der Waals surface area contributed by atoms with Crippen LogP contribution < -0.4 is 10.1 Å². The van der Waals surface area contributed by atoms with E-state index in [1.165, 1.54) is 12.1 Å². The van der Waals surface area contributed by atoms with Crippen LogP contribution in [0, 0.1) is 5.82 Å². The number of hydrogen-bond acceptors (Lipinski definition) is 3. The highest BCUT2D eigenvalue weighted by molar-refractivity contribution is 14.0. The minimum atomic E-state index is -0.256. The van der Waals surface area contributed by atoms with Crippen LogP contribution in [0.15, 0.2) is 17.1 Å². The van der Waals surface area contributed by atoms with Gasteiger partial charge < -0.3 is 19.7 Å². The predicted molar refractivity (Wildman–Crippen MR) is 109 cm³/mol. The number of ether oxygens (including phenoxy) is 2. The number of rotatable bonds is 7. The maximum absolute atomic E-state index is 13.8. The number of unbranched alkanes of at least 4 members (excludes halogenated alkanes) is 1. The molecular weight excluding hydrogens is 436 g/mol. The molecule has 1 aromatic rings. The lowest BCUT2D eigenvalue weighted by molar-refractivity contribution is -0.0172. The summed E-state index contributed by atoms with van der Waals surface area (Å²) in [6.45, 7) is 7.22. The Morgan fingerprint density at radius 2 is 2.16 bits per heavy atom. The summed E-state index contributed by atoms with van der Waals surface area (Å²) in [6, 6.07) is 3.01. The Kier molecular flexibility index (Phi) is 10.1. The molecule has 25 heavy (non-hydrogen) atoms. The van der Waals surface area contributed by atoms with Gasteiger partial charge in [0.1, 0.15) is 11.6 Å². The lowest BCUT2D eigenvalue weighted by atomic mass is 10.1. The standard InChI is InChI=1S/C18H28FN3O2.HI/c1-4-6-9-22(3)18(20-5-2)21-8-7-14-10-16(19)11-15-12-23-13-24-17(14)15;/h10-11H,4-9,12-13H2,1-3H3,(H,20,21);1H. The zero-order valence-electron chi connectivity index (χ0n) is 15.3. The summed E-state index contributed by atoms with van der Waals surface area (Å²) in [5.41, 5.74) is 1.62. The van der Waals surface area contributed by atoms with E-state index in [4.69, 9.17) is 9.47 Å². The molecule has 1 N–H and O–H groups in total. The maximum Gasteiger partial charge on any atom is 0.193 e. The van der Waals surface area contributed by atoms with Crippen molar-refractivity contribution < 1.29 is 13.9 Å². The quantitative estimate of drug-likeness (QED) is 0.380. The van der Waals surface area contributed by atoms with E-state index in [1.54, 1.807) is 0 Å². The SMILES string of the molecule is CCCCN(C)C(=NCCc1cc(F)cc2c1OCOC2)NCC.I. The molecule has 1 aromatic carbocycles. The molecule has 142 valence electrons. The first-order valence-electron chi connectivity index (χ1n) is 8.67. The number of nitrogens with one attached hydrogen (secondary N) is 1. The minimum absolute atomic E-state index is 0. The lowest BCUT2D eigenvalue weighted by Crippen LogP contribution is -2.39. The number of aliphatic imine (C=N–C) groups is 1. The minimum Gasteiger partial charge on any atom is -0.467 e. The number of fused-ring (bicyclic) bond motifs is 1. The monoisotopic (exact) mass is 465 g/mol. The molecule has 0 atom stereocenters. The van der Waals surface area contributed by atoms with Crippen LogP contribution in [0.4, 0.5) is 4.39 Å². The lowest BCUT2D eigenvalue weighted by Gasteiger charge is -2.22. The molecule has 0 aliphatic carbocycles. The van der Waals surface area contributed by atoms with Gasteiger partial charge in [0.15, 0.2) is 12.8 Å². The highest BCUT2D eigenvalue weighted by Crippen LogP contribution is 2.29. The Bertz CT molecular complexity index is 569. The molecule has 0 aromatic heterocycles. The Balaban J connectivity index is 0.00000312. The molecule has 1 aliphatic heterocycles. The fourth-order valence-electron chi connectivity index (χ4n) is 2.70. The second kappa shape index (κ2) is 11.5. The van der Waals surface area contributed by atoms with Crippen molar-refractivity contribution in [2.75, 3.05) is 33.5 Å². The number of halogens is 2. The van der Waals surface area contributed by atoms with Gasteiger partial charge in [0.05, 0.1) is 6.61 Å². The molecule has 1 aliphatic rings. The molecule has 0 unspecified atom stereocenters. The molecule has 5 nitrogen and oxygen atoms in total. The van der Waals surface area contributed by atoms with E-state index in [0.717, 1.165) is 48.8 Å². The van der Waals surface area contributed by atoms with Crippen LogP contribution in [0.25, 0.3) is 0 Å². The number of guanidine groups is 1. The molecule has 0 saturated heterocycles. The van der Waals surface area contributed by atoms with Crippen molar-refractivity contribution in [2.24, 2.45) is 4.99 Å². The second-order valence-corrected chi connectivity index (χ2v) is 5.92. The molecule has 2 rings (SSSR count). The van der Waals surface area contributed by atoms with Crippen LogP contribution in [0.2, 0.25) is 0 Å². The van der Waals surface area contributed by atoms with Gasteiger partial charge in [0, 0.05) is 32.2 Å². The first kappa shape index (κ1) is 22.0. The largest absolute Gasteiger partial charge is 0.467 e. The van der Waals surface area contributed by atoms with Gasteiger partial charge in [-0.2, -0.15) is 0 Å². The Morgan fingerprint density at radius 3 is 2.88 bits per heavy atom. The van der Waals surface area contributed by atoms with E-state index < -0.39 is 0 Å². The molecular formula is C18H29FIN3O2. The third kappa shape index (κ3) is 6.62. The molecule has 0 radical (unpaired) electrons. The third-order valence-electron chi connectivity index (χ3n) is 3.94. The van der Waals surface area contributed by atoms with Crippen LogP contribution in [0.1, 0.15) is 37.8 Å². The molecule has 0 spiro atoms. The van der Waals surface area contributed by atoms with Gasteiger partial charge >= 0.3 is 0 Å². The van der Waals surface area contributed by atoms with Gasteiger partial charge in [-0.3, -0.25) is 4.99 Å². The molecule has 0 amide bonds. The summed E-state index contributed by atoms with van der Waals surface area (Å²) in [4.78, 5) is 6.80. The van der Waals surface area contributed by atoms with Crippen molar-refractivity contribution in [1.82, 2.24) is 10.2 Å². The number of nitrogens with zero attached hydrogens (tertiary/aromatic N) is 2. The van der Waals surface area contributed by atoms with E-state index in [0.29, 0.717) is 19.6 Å². The fraction of sp³-hybridized carbons (Fsp3) is 0.611. The van der Waals surface area contributed by atoms with Crippen molar-refractivity contribution in [1.29, 1.82) is 0 Å². The molecule has 7 heteroatoms. The summed E-state index contributed by atoms with van der Waals surface area (Å²) in [5.74, 6) is 1.39. The highest BCUT2D eigenvalue weighted by Gasteiger charge is 2.16.